The SMILES string of the molecule is CC/C=C\C/C=C\C/C=C\C/C=C\C/C=C\CCCC(=O)N[C@@H](CCCNC(=O)CCCC[C@@H]1CCSS1)C(=O)O. The molecule has 41 heavy (non-hydrogen) atoms. The van der Waals surface area contributed by atoms with Gasteiger partial charge in [-0.3, -0.25) is 9.59 Å². The Hall–Kier alpha value is -2.19. The van der Waals surface area contributed by atoms with E-state index >= 15 is 0 Å². The summed E-state index contributed by atoms with van der Waals surface area (Å²) in [5.74, 6) is -0.0268. The lowest BCUT2D eigenvalue weighted by atomic mass is 10.1. The first kappa shape index (κ1) is 36.8. The minimum Gasteiger partial charge on any atom is -0.480 e. The van der Waals surface area contributed by atoms with E-state index in [1.165, 1.54) is 18.6 Å². The number of carbonyl (C=O) groups is 3. The van der Waals surface area contributed by atoms with Gasteiger partial charge >= 0.3 is 5.97 Å². The van der Waals surface area contributed by atoms with E-state index in [-0.39, 0.29) is 11.8 Å². The average Bonchev–Trinajstić information content (AvgIpc) is 3.48. The molecule has 0 bridgehead atoms. The highest BCUT2D eigenvalue weighted by Gasteiger charge is 2.19. The molecule has 1 aliphatic rings. The van der Waals surface area contributed by atoms with Gasteiger partial charge in [0.25, 0.3) is 0 Å². The van der Waals surface area contributed by atoms with Crippen LogP contribution in [0.5, 0.6) is 0 Å². The van der Waals surface area contributed by atoms with Gasteiger partial charge < -0.3 is 15.7 Å². The van der Waals surface area contributed by atoms with E-state index in [0.717, 1.165) is 56.6 Å². The van der Waals surface area contributed by atoms with Crippen molar-refractivity contribution >= 4 is 39.4 Å². The Morgan fingerprint density at radius 2 is 1.41 bits per heavy atom. The zero-order valence-corrected chi connectivity index (χ0v) is 26.6. The molecule has 0 aromatic heterocycles. The first-order chi connectivity index (χ1) is 20.0. The second-order valence-corrected chi connectivity index (χ2v) is 12.9. The molecule has 1 fully saturated rings. The number of hydrogen-bond donors (Lipinski definition) is 3. The fourth-order valence-corrected chi connectivity index (χ4v) is 7.14. The Morgan fingerprint density at radius 3 is 2.00 bits per heavy atom. The van der Waals surface area contributed by atoms with Crippen LogP contribution in [0.4, 0.5) is 0 Å². The maximum Gasteiger partial charge on any atom is 0.326 e. The van der Waals surface area contributed by atoms with Crippen LogP contribution in [0.3, 0.4) is 0 Å². The Balaban J connectivity index is 2.04. The fourth-order valence-electron chi connectivity index (χ4n) is 4.12. The highest BCUT2D eigenvalue weighted by molar-refractivity contribution is 8.77. The molecule has 6 nitrogen and oxygen atoms in total. The topological polar surface area (TPSA) is 95.5 Å². The maximum atomic E-state index is 12.2. The Morgan fingerprint density at radius 1 is 0.805 bits per heavy atom. The molecule has 0 radical (unpaired) electrons. The van der Waals surface area contributed by atoms with E-state index in [4.69, 9.17) is 0 Å². The molecule has 2 amide bonds. The molecule has 8 heteroatoms. The van der Waals surface area contributed by atoms with Gasteiger partial charge in [-0.15, -0.1) is 0 Å². The quantitative estimate of drug-likeness (QED) is 0.0586. The predicted molar refractivity (Wildman–Crippen MR) is 177 cm³/mol. The molecule has 2 atom stereocenters. The minimum atomic E-state index is -1.04. The zero-order chi connectivity index (χ0) is 29.8. The van der Waals surface area contributed by atoms with Gasteiger partial charge in [-0.25, -0.2) is 4.79 Å². The summed E-state index contributed by atoms with van der Waals surface area (Å²) in [7, 11) is 3.91. The largest absolute Gasteiger partial charge is 0.480 e. The molecular formula is C33H52N2O4S2. The lowest BCUT2D eigenvalue weighted by Gasteiger charge is -2.14. The summed E-state index contributed by atoms with van der Waals surface area (Å²) in [6.07, 6.45) is 33.9. The van der Waals surface area contributed by atoms with Crippen molar-refractivity contribution in [1.82, 2.24) is 10.6 Å². The predicted octanol–water partition coefficient (Wildman–Crippen LogP) is 8.09. The van der Waals surface area contributed by atoms with E-state index in [0.29, 0.717) is 38.6 Å². The van der Waals surface area contributed by atoms with Crippen molar-refractivity contribution in [3.8, 4) is 0 Å². The van der Waals surface area contributed by atoms with E-state index in [9.17, 15) is 19.5 Å². The number of nitrogens with one attached hydrogen (secondary N) is 2. The molecular weight excluding hydrogens is 553 g/mol. The van der Waals surface area contributed by atoms with Gasteiger partial charge in [-0.05, 0) is 77.0 Å². The van der Waals surface area contributed by atoms with Crippen molar-refractivity contribution in [3.05, 3.63) is 60.8 Å². The lowest BCUT2D eigenvalue weighted by Crippen LogP contribution is -2.41. The summed E-state index contributed by atoms with van der Waals surface area (Å²) >= 11 is 0. The van der Waals surface area contributed by atoms with Crippen molar-refractivity contribution in [3.63, 3.8) is 0 Å². The maximum absolute atomic E-state index is 12.2. The number of aliphatic carboxylic acids is 1. The highest BCUT2D eigenvalue weighted by Crippen LogP contribution is 2.39. The Labute approximate surface area is 256 Å². The smallest absolute Gasteiger partial charge is 0.326 e. The zero-order valence-electron chi connectivity index (χ0n) is 24.9. The van der Waals surface area contributed by atoms with Crippen LogP contribution in [-0.2, 0) is 14.4 Å². The molecule has 0 aromatic rings. The lowest BCUT2D eigenvalue weighted by molar-refractivity contribution is -0.142. The van der Waals surface area contributed by atoms with Crippen LogP contribution < -0.4 is 10.6 Å². The number of hydrogen-bond acceptors (Lipinski definition) is 5. The molecule has 0 aromatic carbocycles. The van der Waals surface area contributed by atoms with Gasteiger partial charge in [0.1, 0.15) is 6.04 Å². The molecule has 1 saturated heterocycles. The second-order valence-electron chi connectivity index (χ2n) is 10.1. The van der Waals surface area contributed by atoms with Gasteiger partial charge in [-0.2, -0.15) is 0 Å². The fraction of sp³-hybridized carbons (Fsp3) is 0.606. The highest BCUT2D eigenvalue weighted by atomic mass is 33.1. The summed E-state index contributed by atoms with van der Waals surface area (Å²) in [6, 6.07) is -0.921. The van der Waals surface area contributed by atoms with Gasteiger partial charge in [-0.1, -0.05) is 95.7 Å². The Kier molecular flexibility index (Phi) is 24.0. The molecule has 0 saturated carbocycles. The van der Waals surface area contributed by atoms with Crippen LogP contribution in [-0.4, -0.2) is 46.5 Å². The number of carbonyl (C=O) groups excluding carboxylic acids is 2. The van der Waals surface area contributed by atoms with E-state index in [1.54, 1.807) is 0 Å². The van der Waals surface area contributed by atoms with Gasteiger partial charge in [0.15, 0.2) is 0 Å². The monoisotopic (exact) mass is 604 g/mol. The van der Waals surface area contributed by atoms with Crippen molar-refractivity contribution in [1.29, 1.82) is 0 Å². The third kappa shape index (κ3) is 23.1. The third-order valence-electron chi connectivity index (χ3n) is 6.46. The summed E-state index contributed by atoms with van der Waals surface area (Å²) in [4.78, 5) is 35.8. The molecule has 3 N–H and O–H groups in total. The molecule has 0 aliphatic carbocycles. The molecule has 1 rings (SSSR count). The molecule has 230 valence electrons. The van der Waals surface area contributed by atoms with E-state index < -0.39 is 12.0 Å². The molecule has 1 heterocycles. The number of unbranched alkanes of at least 4 members (excludes halogenated alkanes) is 2. The van der Waals surface area contributed by atoms with Crippen LogP contribution in [0.15, 0.2) is 60.8 Å². The van der Waals surface area contributed by atoms with Crippen molar-refractivity contribution in [2.24, 2.45) is 0 Å². The molecule has 0 spiro atoms. The Bertz CT molecular complexity index is 861. The third-order valence-corrected chi connectivity index (χ3v) is 9.47. The summed E-state index contributed by atoms with van der Waals surface area (Å²) < 4.78 is 0. The van der Waals surface area contributed by atoms with Crippen LogP contribution in [0.2, 0.25) is 0 Å². The standard InChI is InChI=1S/C33H52N2O4S2/c1-2-3-4-5-6-7-8-9-10-11-12-13-14-15-16-17-18-25-32(37)35-30(33(38)39)23-21-27-34-31(36)24-20-19-22-29-26-28-40-41-29/h3-4,6-7,9-10,12-13,15-16,29-30H,2,5,8,11,14,17-28H2,1H3,(H,34,36)(H,35,37)(H,38,39)/b4-3-,7-6-,10-9-,13-12-,16-15-/t29-,30+/m1/s1. The van der Waals surface area contributed by atoms with Crippen LogP contribution in [0, 0.1) is 0 Å². The number of amides is 2. The first-order valence-corrected chi connectivity index (χ1v) is 17.7. The van der Waals surface area contributed by atoms with Crippen molar-refractivity contribution < 1.29 is 19.5 Å². The summed E-state index contributed by atoms with van der Waals surface area (Å²) in [5.41, 5.74) is 0. The van der Waals surface area contributed by atoms with E-state index in [1.807, 2.05) is 21.6 Å². The van der Waals surface area contributed by atoms with Crippen molar-refractivity contribution in [2.75, 3.05) is 12.3 Å². The number of carboxylic acid groups (broad SMARTS) is 1. The van der Waals surface area contributed by atoms with Crippen LogP contribution in [0.1, 0.15) is 103 Å². The molecule has 1 aliphatic heterocycles. The van der Waals surface area contributed by atoms with Gasteiger partial charge in [0, 0.05) is 30.4 Å². The first-order valence-electron chi connectivity index (χ1n) is 15.3. The van der Waals surface area contributed by atoms with Crippen LogP contribution in [0.25, 0.3) is 0 Å². The summed E-state index contributed by atoms with van der Waals surface area (Å²) in [6.45, 7) is 2.57. The number of rotatable bonds is 24. The summed E-state index contributed by atoms with van der Waals surface area (Å²) in [5, 5.41) is 15.7. The van der Waals surface area contributed by atoms with Gasteiger partial charge in [0.05, 0.1) is 0 Å². The number of carboxylic acids is 1. The van der Waals surface area contributed by atoms with Gasteiger partial charge in [0.2, 0.25) is 11.8 Å². The molecule has 0 unspecified atom stereocenters. The van der Waals surface area contributed by atoms with Crippen molar-refractivity contribution in [2.45, 2.75) is 115 Å². The van der Waals surface area contributed by atoms with Crippen LogP contribution >= 0.6 is 21.6 Å². The van der Waals surface area contributed by atoms with E-state index in [2.05, 4.69) is 78.3 Å². The minimum absolute atomic E-state index is 0.0180. The average molecular weight is 605 g/mol. The second kappa shape index (κ2) is 26.7. The number of allylic oxidation sites excluding steroid dienone is 10. The normalized spacial score (nSPS) is 16.6.